The number of hydrogen-bond donors (Lipinski definition) is 1. The van der Waals surface area contributed by atoms with Gasteiger partial charge in [-0.15, -0.1) is 0 Å². The molecule has 1 aromatic carbocycles. The van der Waals surface area contributed by atoms with Gasteiger partial charge in [0.05, 0.1) is 0 Å². The second kappa shape index (κ2) is 3.95. The molecule has 1 aromatic rings. The van der Waals surface area contributed by atoms with Crippen LogP contribution in [0.1, 0.15) is 45.7 Å². The molecule has 1 N–H and O–H groups in total. The molecule has 0 heterocycles. The van der Waals surface area contributed by atoms with Crippen molar-refractivity contribution in [2.24, 2.45) is 0 Å². The highest BCUT2D eigenvalue weighted by atomic mass is 17.1. The van der Waals surface area contributed by atoms with E-state index in [0.717, 1.165) is 5.56 Å². The van der Waals surface area contributed by atoms with E-state index < -0.39 is 5.60 Å². The molecule has 0 fully saturated rings. The van der Waals surface area contributed by atoms with Crippen molar-refractivity contribution in [3.8, 4) is 0 Å². The van der Waals surface area contributed by atoms with Gasteiger partial charge in [-0.1, -0.05) is 45.0 Å². The zero-order valence-electron chi connectivity index (χ0n) is 10.2. The smallest absolute Gasteiger partial charge is 0.123 e. The van der Waals surface area contributed by atoms with Crippen LogP contribution in [-0.4, -0.2) is 5.26 Å². The molecule has 0 atom stereocenters. The van der Waals surface area contributed by atoms with Gasteiger partial charge in [-0.05, 0) is 30.4 Å². The minimum atomic E-state index is -0.642. The zero-order valence-corrected chi connectivity index (χ0v) is 10.2. The van der Waals surface area contributed by atoms with Crippen molar-refractivity contribution in [2.75, 3.05) is 0 Å². The van der Waals surface area contributed by atoms with Gasteiger partial charge in [0, 0.05) is 0 Å². The van der Waals surface area contributed by atoms with Crippen LogP contribution in [0.15, 0.2) is 24.3 Å². The molecule has 2 heteroatoms. The summed E-state index contributed by atoms with van der Waals surface area (Å²) >= 11 is 0. The second-order valence-corrected chi connectivity index (χ2v) is 5.43. The lowest BCUT2D eigenvalue weighted by Gasteiger charge is -2.23. The molecule has 0 unspecified atom stereocenters. The van der Waals surface area contributed by atoms with Gasteiger partial charge in [-0.3, -0.25) is 5.26 Å². The summed E-state index contributed by atoms with van der Waals surface area (Å²) in [6.45, 7) is 10.2. The molecule has 1 rings (SSSR count). The first-order valence-corrected chi connectivity index (χ1v) is 5.21. The Morgan fingerprint density at radius 3 is 1.60 bits per heavy atom. The molecule has 0 aromatic heterocycles. The quantitative estimate of drug-likeness (QED) is 0.593. The van der Waals surface area contributed by atoms with Crippen LogP contribution >= 0.6 is 0 Å². The van der Waals surface area contributed by atoms with E-state index in [2.05, 4.69) is 37.8 Å². The molecule has 0 spiro atoms. The predicted octanol–water partition coefficient (Wildman–Crippen LogP) is 3.71. The molecule has 0 saturated heterocycles. The first-order chi connectivity index (χ1) is 6.77. The maximum atomic E-state index is 8.78. The molecule has 15 heavy (non-hydrogen) atoms. The fourth-order valence-electron chi connectivity index (χ4n) is 1.42. The summed E-state index contributed by atoms with van der Waals surface area (Å²) in [5.41, 5.74) is 1.76. The summed E-state index contributed by atoms with van der Waals surface area (Å²) in [7, 11) is 0. The summed E-state index contributed by atoms with van der Waals surface area (Å²) < 4.78 is 0. The van der Waals surface area contributed by atoms with Crippen LogP contribution in [0.4, 0.5) is 0 Å². The highest BCUT2D eigenvalue weighted by molar-refractivity contribution is 5.30. The molecule has 0 aliphatic carbocycles. The van der Waals surface area contributed by atoms with Crippen molar-refractivity contribution in [1.82, 2.24) is 0 Å². The van der Waals surface area contributed by atoms with E-state index in [4.69, 9.17) is 5.26 Å². The van der Waals surface area contributed by atoms with Crippen LogP contribution in [0.25, 0.3) is 0 Å². The van der Waals surface area contributed by atoms with Crippen LogP contribution in [-0.2, 0) is 15.9 Å². The monoisotopic (exact) mass is 208 g/mol. The SMILES string of the molecule is CC(C)(C)c1ccc(C(C)(C)OO)cc1. The molecular weight excluding hydrogens is 188 g/mol. The van der Waals surface area contributed by atoms with E-state index in [1.807, 2.05) is 26.0 Å². The van der Waals surface area contributed by atoms with E-state index in [0.29, 0.717) is 0 Å². The average Bonchev–Trinajstić information content (AvgIpc) is 2.17. The van der Waals surface area contributed by atoms with Crippen molar-refractivity contribution in [1.29, 1.82) is 0 Å². The fraction of sp³-hybridized carbons (Fsp3) is 0.538. The van der Waals surface area contributed by atoms with Crippen molar-refractivity contribution in [2.45, 2.75) is 45.6 Å². The molecule has 0 aliphatic heterocycles. The minimum absolute atomic E-state index is 0.156. The van der Waals surface area contributed by atoms with Crippen molar-refractivity contribution >= 4 is 0 Å². The Balaban J connectivity index is 3.01. The highest BCUT2D eigenvalue weighted by Crippen LogP contribution is 2.27. The zero-order chi connectivity index (χ0) is 11.7. The van der Waals surface area contributed by atoms with Gasteiger partial charge in [-0.25, -0.2) is 4.89 Å². The Morgan fingerprint density at radius 1 is 0.867 bits per heavy atom. The summed E-state index contributed by atoms with van der Waals surface area (Å²) in [5, 5.41) is 8.78. The van der Waals surface area contributed by atoms with E-state index in [9.17, 15) is 0 Å². The molecular formula is C13H20O2. The van der Waals surface area contributed by atoms with Gasteiger partial charge >= 0.3 is 0 Å². The lowest BCUT2D eigenvalue weighted by Crippen LogP contribution is -2.20. The molecule has 0 radical (unpaired) electrons. The molecule has 0 amide bonds. The normalized spacial score (nSPS) is 12.9. The van der Waals surface area contributed by atoms with Gasteiger partial charge in [-0.2, -0.15) is 0 Å². The Kier molecular flexibility index (Phi) is 3.22. The summed E-state index contributed by atoms with van der Waals surface area (Å²) in [6, 6.07) is 8.15. The third-order valence-electron chi connectivity index (χ3n) is 2.67. The van der Waals surface area contributed by atoms with Crippen LogP contribution in [0.5, 0.6) is 0 Å². The summed E-state index contributed by atoms with van der Waals surface area (Å²) in [6.07, 6.45) is 0. The van der Waals surface area contributed by atoms with Gasteiger partial charge in [0.25, 0.3) is 0 Å². The topological polar surface area (TPSA) is 29.5 Å². The highest BCUT2D eigenvalue weighted by Gasteiger charge is 2.22. The van der Waals surface area contributed by atoms with E-state index in [-0.39, 0.29) is 5.41 Å². The minimum Gasteiger partial charge on any atom is -0.251 e. The number of hydrogen-bond acceptors (Lipinski definition) is 2. The number of benzene rings is 1. The number of rotatable bonds is 2. The van der Waals surface area contributed by atoms with Crippen molar-refractivity contribution < 1.29 is 10.1 Å². The van der Waals surface area contributed by atoms with E-state index in [1.165, 1.54) is 5.56 Å². The molecule has 0 saturated carbocycles. The second-order valence-electron chi connectivity index (χ2n) is 5.43. The summed E-state index contributed by atoms with van der Waals surface area (Å²) in [5.74, 6) is 0. The first-order valence-electron chi connectivity index (χ1n) is 5.21. The molecule has 84 valence electrons. The molecule has 2 nitrogen and oxygen atoms in total. The fourth-order valence-corrected chi connectivity index (χ4v) is 1.42. The van der Waals surface area contributed by atoms with Gasteiger partial charge < -0.3 is 0 Å². The average molecular weight is 208 g/mol. The summed E-state index contributed by atoms with van der Waals surface area (Å²) in [4.78, 5) is 4.45. The third-order valence-corrected chi connectivity index (χ3v) is 2.67. The van der Waals surface area contributed by atoms with Crippen LogP contribution in [0.3, 0.4) is 0 Å². The van der Waals surface area contributed by atoms with E-state index in [1.54, 1.807) is 0 Å². The predicted molar refractivity (Wildman–Crippen MR) is 61.9 cm³/mol. The Labute approximate surface area is 91.8 Å². The van der Waals surface area contributed by atoms with E-state index >= 15 is 0 Å². The first kappa shape index (κ1) is 12.2. The lowest BCUT2D eigenvalue weighted by atomic mass is 9.85. The Hall–Kier alpha value is -0.860. The molecule has 0 aliphatic rings. The van der Waals surface area contributed by atoms with Crippen molar-refractivity contribution in [3.05, 3.63) is 35.4 Å². The standard InChI is InChI=1S/C13H20O2/c1-12(2,3)10-6-8-11(9-7-10)13(4,5)15-14/h6-9,14H,1-5H3. The van der Waals surface area contributed by atoms with Gasteiger partial charge in [0.15, 0.2) is 0 Å². The largest absolute Gasteiger partial charge is 0.251 e. The Bertz CT molecular complexity index is 317. The Morgan fingerprint density at radius 2 is 1.27 bits per heavy atom. The van der Waals surface area contributed by atoms with Crippen LogP contribution < -0.4 is 0 Å². The van der Waals surface area contributed by atoms with Gasteiger partial charge in [0.2, 0.25) is 0 Å². The van der Waals surface area contributed by atoms with Crippen LogP contribution in [0, 0.1) is 0 Å². The van der Waals surface area contributed by atoms with Crippen LogP contribution in [0.2, 0.25) is 0 Å². The lowest BCUT2D eigenvalue weighted by molar-refractivity contribution is -0.318. The maximum Gasteiger partial charge on any atom is 0.123 e. The van der Waals surface area contributed by atoms with Crippen molar-refractivity contribution in [3.63, 3.8) is 0 Å². The maximum absolute atomic E-state index is 8.78. The van der Waals surface area contributed by atoms with Gasteiger partial charge in [0.1, 0.15) is 5.60 Å². The third kappa shape index (κ3) is 2.80. The molecule has 0 bridgehead atoms.